The quantitative estimate of drug-likeness (QED) is 0.557. The molecule has 5 heteroatoms. The van der Waals surface area contributed by atoms with Crippen LogP contribution in [0.2, 0.25) is 0 Å². The van der Waals surface area contributed by atoms with E-state index in [0.717, 1.165) is 0 Å². The predicted molar refractivity (Wildman–Crippen MR) is 28.9 cm³/mol. The summed E-state index contributed by atoms with van der Waals surface area (Å²) in [5, 5.41) is 0. The molecule has 0 aliphatic heterocycles. The Bertz CT molecular complexity index is 6.85. The van der Waals surface area contributed by atoms with Gasteiger partial charge in [-0.2, -0.15) is 0 Å². The molecule has 0 aliphatic rings. The Hall–Kier alpha value is 2.66. The van der Waals surface area contributed by atoms with Gasteiger partial charge in [-0.25, -0.2) is 0 Å². The van der Waals surface area contributed by atoms with E-state index in [1.807, 2.05) is 0 Å². The van der Waals surface area contributed by atoms with E-state index in [4.69, 9.17) is 0 Å². The normalized spacial score (nSPS) is 0. The maximum absolute atomic E-state index is 0. The van der Waals surface area contributed by atoms with Crippen molar-refractivity contribution in [2.24, 2.45) is 0 Å². The molecule has 0 spiro atoms. The van der Waals surface area contributed by atoms with Gasteiger partial charge in [-0.3, -0.25) is 0 Å². The Morgan fingerprint density at radius 3 is 0.600 bits per heavy atom. The predicted octanol–water partition coefficient (Wildman–Crippen LogP) is 0.617. The van der Waals surface area contributed by atoms with Crippen molar-refractivity contribution in [3.8, 4) is 0 Å². The van der Waals surface area contributed by atoms with E-state index >= 15 is 0 Å². The van der Waals surface area contributed by atoms with Crippen LogP contribution in [0.15, 0.2) is 0 Å². The van der Waals surface area contributed by atoms with E-state index < -0.39 is 0 Å². The van der Waals surface area contributed by atoms with Crippen molar-refractivity contribution in [2.75, 3.05) is 0 Å². The zero-order valence-electron chi connectivity index (χ0n) is 1.80. The Morgan fingerprint density at radius 2 is 0.600 bits per heavy atom. The van der Waals surface area contributed by atoms with Gasteiger partial charge in [0, 0.05) is 35.6 Å². The topological polar surface area (TPSA) is 0 Å². The molecule has 5 heavy (non-hydrogen) atoms. The minimum absolute atomic E-state index is 0. The average molecular weight is 256 g/mol. The summed E-state index contributed by atoms with van der Waals surface area (Å²) in [6, 6.07) is 0. The second kappa shape index (κ2) is 30.1. The molecule has 0 N–H and O–H groups in total. The molecule has 0 heterocycles. The number of hydrogen-bond acceptors (Lipinski definition) is 0. The Labute approximate surface area is 90.2 Å². The van der Waals surface area contributed by atoms with Crippen LogP contribution in [0.4, 0.5) is 0 Å². The van der Waals surface area contributed by atoms with Gasteiger partial charge in [0.1, 0.15) is 0 Å². The molecule has 0 amide bonds. The molecule has 0 bridgehead atoms. The molecule has 0 unspecified atom stereocenters. The van der Waals surface area contributed by atoms with Gasteiger partial charge in [0.2, 0.25) is 0 Å². The molecular formula is H4Cl3LaLi. The summed E-state index contributed by atoms with van der Waals surface area (Å²) in [4.78, 5) is 0. The van der Waals surface area contributed by atoms with Crippen LogP contribution < -0.4 is 0 Å². The molecule has 0 fully saturated rings. The van der Waals surface area contributed by atoms with Crippen molar-refractivity contribution >= 4 is 56.1 Å². The van der Waals surface area contributed by atoms with Crippen LogP contribution in [0.1, 0.15) is 0 Å². The summed E-state index contributed by atoms with van der Waals surface area (Å²) in [7, 11) is 0. The minimum atomic E-state index is 0. The van der Waals surface area contributed by atoms with Gasteiger partial charge < -0.3 is 0 Å². The third-order valence-electron chi connectivity index (χ3n) is 0. The van der Waals surface area contributed by atoms with E-state index in [1.54, 1.807) is 0 Å². The summed E-state index contributed by atoms with van der Waals surface area (Å²) in [6.07, 6.45) is 0. The number of hydrogen-bond donors (Lipinski definition) is 0. The molecule has 0 saturated carbocycles. The maximum atomic E-state index is 0. The zero-order valence-corrected chi connectivity index (χ0v) is 7.88. The molecule has 0 atom stereocenters. The van der Waals surface area contributed by atoms with E-state index in [-0.39, 0.29) is 91.7 Å². The van der Waals surface area contributed by atoms with Crippen molar-refractivity contribution < 1.29 is 35.6 Å². The number of rotatable bonds is 0. The van der Waals surface area contributed by atoms with Crippen LogP contribution >= 0.6 is 37.2 Å². The average Bonchev–Trinajstić information content (AvgIpc) is 0. The van der Waals surface area contributed by atoms with E-state index in [9.17, 15) is 0 Å². The Balaban J connectivity index is 0. The van der Waals surface area contributed by atoms with Crippen molar-refractivity contribution in [3.05, 3.63) is 0 Å². The van der Waals surface area contributed by atoms with Crippen LogP contribution in [-0.4, -0.2) is 18.9 Å². The van der Waals surface area contributed by atoms with Gasteiger partial charge >= 0.3 is 18.9 Å². The van der Waals surface area contributed by atoms with Crippen LogP contribution in [-0.2, 0) is 0 Å². The zero-order chi connectivity index (χ0) is 0. The molecule has 0 saturated heterocycles. The first-order chi connectivity index (χ1) is 0. The molecule has 0 nitrogen and oxygen atoms in total. The number of halogens is 3. The van der Waals surface area contributed by atoms with E-state index in [0.29, 0.717) is 0 Å². The van der Waals surface area contributed by atoms with Gasteiger partial charge in [-0.05, 0) is 0 Å². The van der Waals surface area contributed by atoms with Gasteiger partial charge in [0.15, 0.2) is 0 Å². The van der Waals surface area contributed by atoms with Crippen LogP contribution in [0.5, 0.6) is 0 Å². The molecular weight excluding hydrogens is 252 g/mol. The van der Waals surface area contributed by atoms with Crippen LogP contribution in [0, 0.1) is 35.6 Å². The fraction of sp³-hybridized carbons (Fsp3) is 0. The standard InChI is InChI=1S/3ClH.La.Li.H/h3*1H;;;. The van der Waals surface area contributed by atoms with Crippen molar-refractivity contribution in [3.63, 3.8) is 0 Å². The summed E-state index contributed by atoms with van der Waals surface area (Å²) in [5.74, 6) is 0. The van der Waals surface area contributed by atoms with Gasteiger partial charge in [0.25, 0.3) is 0 Å². The van der Waals surface area contributed by atoms with Crippen LogP contribution in [0.25, 0.3) is 0 Å². The summed E-state index contributed by atoms with van der Waals surface area (Å²) < 4.78 is 0. The third-order valence-corrected chi connectivity index (χ3v) is 0. The first kappa shape index (κ1) is 48.0. The Kier molecular flexibility index (Phi) is 289. The molecule has 29 valence electrons. The molecule has 0 aliphatic carbocycles. The summed E-state index contributed by atoms with van der Waals surface area (Å²) >= 11 is 0. The van der Waals surface area contributed by atoms with Crippen molar-refractivity contribution in [1.29, 1.82) is 0 Å². The van der Waals surface area contributed by atoms with Gasteiger partial charge in [-0.15, -0.1) is 37.2 Å². The second-order valence-electron chi connectivity index (χ2n) is 0. The monoisotopic (exact) mass is 255 g/mol. The summed E-state index contributed by atoms with van der Waals surface area (Å²) in [6.45, 7) is 0. The van der Waals surface area contributed by atoms with E-state index in [2.05, 4.69) is 0 Å². The van der Waals surface area contributed by atoms with Crippen molar-refractivity contribution in [2.45, 2.75) is 0 Å². The molecule has 0 aromatic rings. The summed E-state index contributed by atoms with van der Waals surface area (Å²) in [5.41, 5.74) is 0. The SMILES string of the molecule is Cl.Cl.Cl.[La].[LiH]. The molecule has 1 radical (unpaired) electrons. The second-order valence-corrected chi connectivity index (χ2v) is 0. The fourth-order valence-electron chi connectivity index (χ4n) is 0. The molecule has 0 aromatic carbocycles. The van der Waals surface area contributed by atoms with E-state index in [1.165, 1.54) is 0 Å². The fourth-order valence-corrected chi connectivity index (χ4v) is 0. The Morgan fingerprint density at radius 1 is 0.600 bits per heavy atom. The molecule has 0 aromatic heterocycles. The van der Waals surface area contributed by atoms with Crippen molar-refractivity contribution in [1.82, 2.24) is 0 Å². The first-order valence-corrected chi connectivity index (χ1v) is 0. The van der Waals surface area contributed by atoms with Gasteiger partial charge in [-0.1, -0.05) is 0 Å². The van der Waals surface area contributed by atoms with Crippen LogP contribution in [0.3, 0.4) is 0 Å². The third kappa shape index (κ3) is 20.4. The first-order valence-electron chi connectivity index (χ1n) is 0. The molecule has 0 rings (SSSR count). The van der Waals surface area contributed by atoms with Gasteiger partial charge in [0.05, 0.1) is 0 Å².